The molecule has 0 spiro atoms. The van der Waals surface area contributed by atoms with E-state index in [-0.39, 0.29) is 28.8 Å². The molecule has 1 aliphatic heterocycles. The summed E-state index contributed by atoms with van der Waals surface area (Å²) in [5.41, 5.74) is 1.74. The summed E-state index contributed by atoms with van der Waals surface area (Å²) in [6, 6.07) is 12.9. The molecule has 2 aromatic rings. The molecule has 0 bridgehead atoms. The van der Waals surface area contributed by atoms with Gasteiger partial charge in [-0.1, -0.05) is 69.8 Å². The van der Waals surface area contributed by atoms with Crippen molar-refractivity contribution in [3.05, 3.63) is 71.5 Å². The number of halogens is 1. The van der Waals surface area contributed by atoms with E-state index < -0.39 is 12.1 Å². The van der Waals surface area contributed by atoms with Crippen LogP contribution in [0.5, 0.6) is 0 Å². The third kappa shape index (κ3) is 3.83. The Morgan fingerprint density at radius 3 is 2.11 bits per heavy atom. The number of aliphatic imine (C=N–C) groups is 1. The van der Waals surface area contributed by atoms with E-state index >= 15 is 0 Å². The Morgan fingerprint density at radius 2 is 1.57 bits per heavy atom. The molecule has 0 saturated carbocycles. The van der Waals surface area contributed by atoms with Crippen molar-refractivity contribution in [3.63, 3.8) is 0 Å². The minimum Gasteiger partial charge on any atom is -0.406 e. The molecular formula is C22H25FNO2PS. The number of benzene rings is 2. The summed E-state index contributed by atoms with van der Waals surface area (Å²) >= 11 is 6.27. The predicted octanol–water partition coefficient (Wildman–Crippen LogP) is 5.54. The van der Waals surface area contributed by atoms with Crippen molar-refractivity contribution >= 4 is 29.7 Å². The van der Waals surface area contributed by atoms with E-state index in [1.807, 2.05) is 30.3 Å². The first-order valence-corrected chi connectivity index (χ1v) is 12.5. The molecule has 1 aliphatic rings. The van der Waals surface area contributed by atoms with E-state index in [9.17, 15) is 9.18 Å². The van der Waals surface area contributed by atoms with Gasteiger partial charge < -0.3 is 4.74 Å². The van der Waals surface area contributed by atoms with Gasteiger partial charge in [0.2, 0.25) is 5.90 Å². The zero-order valence-corrected chi connectivity index (χ0v) is 18.2. The Labute approximate surface area is 171 Å². The van der Waals surface area contributed by atoms with Gasteiger partial charge in [-0.25, -0.2) is 14.2 Å². The van der Waals surface area contributed by atoms with Gasteiger partial charge in [-0.2, -0.15) is 0 Å². The number of cyclic esters (lactones) is 1. The second-order valence-corrected chi connectivity index (χ2v) is 13.7. The Balaban J connectivity index is 2.14. The van der Waals surface area contributed by atoms with Crippen LogP contribution < -0.4 is 0 Å². The molecule has 28 heavy (non-hydrogen) atoms. The summed E-state index contributed by atoms with van der Waals surface area (Å²) < 4.78 is 19.1. The first-order valence-electron chi connectivity index (χ1n) is 9.44. The molecule has 1 heterocycles. The van der Waals surface area contributed by atoms with E-state index in [1.54, 1.807) is 12.1 Å². The lowest BCUT2D eigenvalue weighted by molar-refractivity contribution is -0.135. The highest BCUT2D eigenvalue weighted by molar-refractivity contribution is 8.15. The zero-order valence-electron chi connectivity index (χ0n) is 16.5. The molecule has 2 aromatic carbocycles. The van der Waals surface area contributed by atoms with Gasteiger partial charge >= 0.3 is 5.97 Å². The number of hydrogen-bond donors (Lipinski definition) is 0. The average Bonchev–Trinajstić information content (AvgIpc) is 3.05. The summed E-state index contributed by atoms with van der Waals surface area (Å²) in [6.45, 7) is 8.44. The lowest BCUT2D eigenvalue weighted by atomic mass is 10.1. The first kappa shape index (κ1) is 20.9. The van der Waals surface area contributed by atoms with Gasteiger partial charge in [0.1, 0.15) is 5.82 Å². The zero-order chi connectivity index (χ0) is 20.5. The average molecular weight is 417 g/mol. The van der Waals surface area contributed by atoms with Crippen LogP contribution in [0.15, 0.2) is 59.6 Å². The molecule has 3 nitrogen and oxygen atoms in total. The van der Waals surface area contributed by atoms with Crippen LogP contribution in [0.2, 0.25) is 0 Å². The molecule has 3 rings (SSSR count). The van der Waals surface area contributed by atoms with Crippen molar-refractivity contribution in [3.8, 4) is 0 Å². The molecule has 0 N–H and O–H groups in total. The third-order valence-corrected chi connectivity index (χ3v) is 13.2. The minimum atomic E-state index is -2.11. The summed E-state index contributed by atoms with van der Waals surface area (Å²) in [6.07, 6.45) is 0. The fraction of sp³-hybridized carbons (Fsp3) is 0.364. The number of carbonyl (C=O) groups is 1. The van der Waals surface area contributed by atoms with E-state index in [0.29, 0.717) is 5.90 Å². The van der Waals surface area contributed by atoms with Crippen molar-refractivity contribution in [2.24, 2.45) is 4.99 Å². The SMILES string of the molecule is CC(C)P(=S)(C(C)C)C(c1ccc(F)cc1)C1N=C(c2ccccc2)OC1=O. The quantitative estimate of drug-likeness (QED) is 0.458. The van der Waals surface area contributed by atoms with Gasteiger partial charge in [0, 0.05) is 11.2 Å². The second kappa shape index (κ2) is 8.26. The Bertz CT molecular complexity index is 913. The highest BCUT2D eigenvalue weighted by Crippen LogP contribution is 2.68. The lowest BCUT2D eigenvalue weighted by Gasteiger charge is -2.39. The molecule has 148 valence electrons. The van der Waals surface area contributed by atoms with E-state index in [2.05, 4.69) is 32.7 Å². The monoisotopic (exact) mass is 417 g/mol. The second-order valence-electron chi connectivity index (χ2n) is 7.61. The third-order valence-electron chi connectivity index (χ3n) is 5.28. The molecule has 0 radical (unpaired) electrons. The van der Waals surface area contributed by atoms with Crippen molar-refractivity contribution in [2.75, 3.05) is 0 Å². The fourth-order valence-corrected chi connectivity index (χ4v) is 8.27. The number of carbonyl (C=O) groups excluding carboxylic acids is 1. The van der Waals surface area contributed by atoms with Gasteiger partial charge in [0.25, 0.3) is 0 Å². The normalized spacial score (nSPS) is 18.3. The van der Waals surface area contributed by atoms with Gasteiger partial charge in [-0.3, -0.25) is 0 Å². The topological polar surface area (TPSA) is 38.7 Å². The summed E-state index contributed by atoms with van der Waals surface area (Å²) in [7, 11) is 0. The standard InChI is InChI=1S/C22H25FNO2PS/c1-14(2)27(28,15(3)4)20(16-10-12-18(23)13-11-16)19-22(25)26-21(24-19)17-8-6-5-7-9-17/h5-15,19-20H,1-4H3. The largest absolute Gasteiger partial charge is 0.406 e. The number of ether oxygens (including phenoxy) is 1. The Kier molecular flexibility index (Phi) is 6.16. The Hall–Kier alpha value is -1.84. The molecular weight excluding hydrogens is 392 g/mol. The van der Waals surface area contributed by atoms with Crippen LogP contribution in [0, 0.1) is 5.82 Å². The van der Waals surface area contributed by atoms with Gasteiger partial charge in [0.15, 0.2) is 6.04 Å². The highest BCUT2D eigenvalue weighted by atomic mass is 32.4. The predicted molar refractivity (Wildman–Crippen MR) is 117 cm³/mol. The van der Waals surface area contributed by atoms with Crippen molar-refractivity contribution in [2.45, 2.75) is 50.7 Å². The van der Waals surface area contributed by atoms with Crippen molar-refractivity contribution in [1.82, 2.24) is 0 Å². The van der Waals surface area contributed by atoms with Gasteiger partial charge in [-0.05, 0) is 47.2 Å². The molecule has 0 fully saturated rings. The molecule has 0 aromatic heterocycles. The summed E-state index contributed by atoms with van der Waals surface area (Å²) in [4.78, 5) is 17.6. The minimum absolute atomic E-state index is 0.210. The lowest BCUT2D eigenvalue weighted by Crippen LogP contribution is -2.28. The maximum absolute atomic E-state index is 13.6. The fourth-order valence-electron chi connectivity index (χ4n) is 3.81. The first-order chi connectivity index (χ1) is 13.2. The highest BCUT2D eigenvalue weighted by Gasteiger charge is 2.46. The van der Waals surface area contributed by atoms with E-state index in [1.165, 1.54) is 12.1 Å². The number of hydrogen-bond acceptors (Lipinski definition) is 4. The molecule has 2 atom stereocenters. The molecule has 6 heteroatoms. The number of nitrogens with zero attached hydrogens (tertiary/aromatic N) is 1. The molecule has 0 saturated heterocycles. The molecule has 2 unspecified atom stereocenters. The van der Waals surface area contributed by atoms with Gasteiger partial charge in [0.05, 0.1) is 0 Å². The van der Waals surface area contributed by atoms with Crippen LogP contribution >= 0.6 is 6.04 Å². The van der Waals surface area contributed by atoms with Crippen LogP contribution in [0.25, 0.3) is 0 Å². The number of esters is 1. The van der Waals surface area contributed by atoms with Crippen LogP contribution in [0.1, 0.15) is 44.5 Å². The maximum atomic E-state index is 13.6. The van der Waals surface area contributed by atoms with Crippen molar-refractivity contribution in [1.29, 1.82) is 0 Å². The van der Waals surface area contributed by atoms with Crippen LogP contribution in [-0.2, 0) is 21.3 Å². The Morgan fingerprint density at radius 1 is 1.00 bits per heavy atom. The van der Waals surface area contributed by atoms with E-state index in [0.717, 1.165) is 11.1 Å². The van der Waals surface area contributed by atoms with Crippen LogP contribution in [-0.4, -0.2) is 29.2 Å². The van der Waals surface area contributed by atoms with Gasteiger partial charge in [-0.15, -0.1) is 0 Å². The number of rotatable bonds is 6. The molecule has 0 aliphatic carbocycles. The van der Waals surface area contributed by atoms with E-state index in [4.69, 9.17) is 16.5 Å². The molecule has 0 amide bonds. The summed E-state index contributed by atoms with van der Waals surface area (Å²) in [5.74, 6) is -0.368. The maximum Gasteiger partial charge on any atom is 0.338 e. The van der Waals surface area contributed by atoms with Crippen molar-refractivity contribution < 1.29 is 13.9 Å². The van der Waals surface area contributed by atoms with Crippen LogP contribution in [0.3, 0.4) is 0 Å². The summed E-state index contributed by atoms with van der Waals surface area (Å²) in [5, 5.41) is 0. The van der Waals surface area contributed by atoms with Crippen LogP contribution in [0.4, 0.5) is 4.39 Å². The smallest absolute Gasteiger partial charge is 0.338 e.